The SMILES string of the molecule is CC1CCNCCN1C(=O)C1(c2ccccc2)CCN(c2cnnc(-c3ccccc3O)c2)CC1. The zero-order chi connectivity index (χ0) is 24.3. The lowest BCUT2D eigenvalue weighted by molar-refractivity contribution is -0.140. The standard InChI is InChI=1S/C28H33N5O2/c1-21-11-14-29-15-18-33(21)27(35)28(22-7-3-2-4-8-22)12-16-32(17-13-28)23-19-25(31-30-20-23)24-9-5-6-10-26(24)34/h2-10,19-21,29,34H,11-18H2,1H3. The number of hydrogen-bond acceptors (Lipinski definition) is 6. The van der Waals surface area contributed by atoms with Gasteiger partial charge in [0.25, 0.3) is 0 Å². The van der Waals surface area contributed by atoms with Crippen LogP contribution < -0.4 is 10.2 Å². The molecule has 2 aliphatic rings. The highest BCUT2D eigenvalue weighted by atomic mass is 16.3. The molecule has 2 aromatic carbocycles. The maximum Gasteiger partial charge on any atom is 0.233 e. The highest BCUT2D eigenvalue weighted by molar-refractivity contribution is 5.89. The smallest absolute Gasteiger partial charge is 0.233 e. The molecular weight excluding hydrogens is 438 g/mol. The van der Waals surface area contributed by atoms with Gasteiger partial charge in [0.2, 0.25) is 5.91 Å². The van der Waals surface area contributed by atoms with Gasteiger partial charge < -0.3 is 20.2 Å². The van der Waals surface area contributed by atoms with E-state index in [2.05, 4.69) is 44.4 Å². The Labute approximate surface area is 206 Å². The van der Waals surface area contributed by atoms with Crippen LogP contribution in [0.15, 0.2) is 66.9 Å². The Morgan fingerprint density at radius 1 is 1.03 bits per heavy atom. The summed E-state index contributed by atoms with van der Waals surface area (Å²) in [7, 11) is 0. The number of phenolic OH excluding ortho intramolecular Hbond substituents is 1. The summed E-state index contributed by atoms with van der Waals surface area (Å²) in [6, 6.07) is 19.7. The monoisotopic (exact) mass is 471 g/mol. The Kier molecular flexibility index (Phi) is 6.68. The normalized spacial score (nSPS) is 20.3. The summed E-state index contributed by atoms with van der Waals surface area (Å²) in [6.45, 7) is 6.19. The van der Waals surface area contributed by atoms with Crippen molar-refractivity contribution in [2.24, 2.45) is 0 Å². The summed E-state index contributed by atoms with van der Waals surface area (Å²) in [5.41, 5.74) is 2.84. The zero-order valence-corrected chi connectivity index (χ0v) is 20.2. The number of nitrogens with one attached hydrogen (secondary N) is 1. The minimum atomic E-state index is -0.530. The second kappa shape index (κ2) is 10.0. The Morgan fingerprint density at radius 2 is 1.77 bits per heavy atom. The van der Waals surface area contributed by atoms with Crippen molar-refractivity contribution in [1.29, 1.82) is 0 Å². The first-order valence-electron chi connectivity index (χ1n) is 12.5. The van der Waals surface area contributed by atoms with Gasteiger partial charge in [-0.1, -0.05) is 42.5 Å². The van der Waals surface area contributed by atoms with Crippen molar-refractivity contribution in [2.75, 3.05) is 37.6 Å². The van der Waals surface area contributed by atoms with Crippen molar-refractivity contribution in [1.82, 2.24) is 20.4 Å². The van der Waals surface area contributed by atoms with E-state index < -0.39 is 5.41 Å². The number of para-hydroxylation sites is 1. The van der Waals surface area contributed by atoms with Crippen LogP contribution in [-0.4, -0.2) is 64.9 Å². The molecule has 1 atom stereocenters. The number of carbonyl (C=O) groups excluding carboxylic acids is 1. The number of hydrogen-bond donors (Lipinski definition) is 2. The molecule has 1 unspecified atom stereocenters. The van der Waals surface area contributed by atoms with Crippen LogP contribution in [0.3, 0.4) is 0 Å². The van der Waals surface area contributed by atoms with Crippen LogP contribution in [0.5, 0.6) is 5.75 Å². The molecule has 1 amide bonds. The van der Waals surface area contributed by atoms with Gasteiger partial charge in [0.05, 0.1) is 23.0 Å². The lowest BCUT2D eigenvalue weighted by atomic mass is 9.71. The van der Waals surface area contributed by atoms with Crippen LogP contribution >= 0.6 is 0 Å². The lowest BCUT2D eigenvalue weighted by Crippen LogP contribution is -2.55. The van der Waals surface area contributed by atoms with Crippen LogP contribution in [0.4, 0.5) is 5.69 Å². The van der Waals surface area contributed by atoms with Crippen molar-refractivity contribution in [3.8, 4) is 17.0 Å². The van der Waals surface area contributed by atoms with E-state index in [-0.39, 0.29) is 17.7 Å². The average molecular weight is 472 g/mol. The molecule has 5 rings (SSSR count). The van der Waals surface area contributed by atoms with Gasteiger partial charge in [0.15, 0.2) is 0 Å². The summed E-state index contributed by atoms with van der Waals surface area (Å²) in [5, 5.41) is 22.2. The van der Waals surface area contributed by atoms with E-state index in [1.807, 2.05) is 36.4 Å². The van der Waals surface area contributed by atoms with Crippen molar-refractivity contribution in [2.45, 2.75) is 37.6 Å². The average Bonchev–Trinajstić information content (AvgIpc) is 3.13. The quantitative estimate of drug-likeness (QED) is 0.605. The second-order valence-electron chi connectivity index (χ2n) is 9.64. The molecule has 0 bridgehead atoms. The Morgan fingerprint density at radius 3 is 2.54 bits per heavy atom. The van der Waals surface area contributed by atoms with Crippen LogP contribution in [-0.2, 0) is 10.2 Å². The maximum atomic E-state index is 14.2. The van der Waals surface area contributed by atoms with E-state index in [0.29, 0.717) is 11.3 Å². The highest BCUT2D eigenvalue weighted by Gasteiger charge is 2.46. The van der Waals surface area contributed by atoms with E-state index in [1.165, 1.54) is 0 Å². The molecule has 3 heterocycles. The Balaban J connectivity index is 1.41. The summed E-state index contributed by atoms with van der Waals surface area (Å²) in [5.74, 6) is 0.439. The van der Waals surface area contributed by atoms with Crippen molar-refractivity contribution in [3.63, 3.8) is 0 Å². The third-order valence-corrected chi connectivity index (χ3v) is 7.60. The Hall–Kier alpha value is -3.45. The minimum absolute atomic E-state index is 0.187. The molecule has 3 aromatic rings. The number of anilines is 1. The van der Waals surface area contributed by atoms with Gasteiger partial charge in [0, 0.05) is 37.8 Å². The number of aromatic hydroxyl groups is 1. The predicted molar refractivity (Wildman–Crippen MR) is 137 cm³/mol. The van der Waals surface area contributed by atoms with Gasteiger partial charge in [-0.2, -0.15) is 10.2 Å². The predicted octanol–water partition coefficient (Wildman–Crippen LogP) is 3.60. The van der Waals surface area contributed by atoms with Gasteiger partial charge in [-0.15, -0.1) is 0 Å². The summed E-state index contributed by atoms with van der Waals surface area (Å²) >= 11 is 0. The van der Waals surface area contributed by atoms with Gasteiger partial charge in [-0.25, -0.2) is 0 Å². The molecule has 7 nitrogen and oxygen atoms in total. The number of piperidine rings is 1. The fourth-order valence-electron chi connectivity index (χ4n) is 5.47. The fourth-order valence-corrected chi connectivity index (χ4v) is 5.47. The number of nitrogens with zero attached hydrogens (tertiary/aromatic N) is 4. The number of phenols is 1. The van der Waals surface area contributed by atoms with Gasteiger partial charge in [-0.3, -0.25) is 4.79 Å². The van der Waals surface area contributed by atoms with Crippen molar-refractivity contribution < 1.29 is 9.90 Å². The van der Waals surface area contributed by atoms with Gasteiger partial charge >= 0.3 is 0 Å². The molecule has 2 fully saturated rings. The summed E-state index contributed by atoms with van der Waals surface area (Å²) in [4.78, 5) is 18.6. The van der Waals surface area contributed by atoms with Gasteiger partial charge in [-0.05, 0) is 56.5 Å². The van der Waals surface area contributed by atoms with Crippen LogP contribution in [0, 0.1) is 0 Å². The van der Waals surface area contributed by atoms with E-state index in [9.17, 15) is 9.90 Å². The fraction of sp³-hybridized carbons (Fsp3) is 0.393. The largest absolute Gasteiger partial charge is 0.507 e. The van der Waals surface area contributed by atoms with Crippen molar-refractivity contribution >= 4 is 11.6 Å². The number of carbonyl (C=O) groups is 1. The number of aromatic nitrogens is 2. The second-order valence-corrected chi connectivity index (χ2v) is 9.64. The van der Waals surface area contributed by atoms with Gasteiger partial charge in [0.1, 0.15) is 5.75 Å². The molecule has 182 valence electrons. The van der Waals surface area contributed by atoms with Crippen LogP contribution in [0.2, 0.25) is 0 Å². The third kappa shape index (κ3) is 4.60. The maximum absolute atomic E-state index is 14.2. The molecule has 2 saturated heterocycles. The molecular formula is C28H33N5O2. The molecule has 35 heavy (non-hydrogen) atoms. The van der Waals surface area contributed by atoms with E-state index in [0.717, 1.165) is 63.2 Å². The molecule has 2 N–H and O–H groups in total. The first-order chi connectivity index (χ1) is 17.1. The van der Waals surface area contributed by atoms with E-state index in [1.54, 1.807) is 18.3 Å². The van der Waals surface area contributed by atoms with Crippen LogP contribution in [0.25, 0.3) is 11.3 Å². The van der Waals surface area contributed by atoms with Crippen molar-refractivity contribution in [3.05, 3.63) is 72.4 Å². The first-order valence-corrected chi connectivity index (χ1v) is 12.5. The molecule has 7 heteroatoms. The number of rotatable bonds is 4. The number of benzene rings is 2. The van der Waals surface area contributed by atoms with E-state index in [4.69, 9.17) is 0 Å². The first kappa shape index (κ1) is 23.3. The molecule has 0 saturated carbocycles. The third-order valence-electron chi connectivity index (χ3n) is 7.60. The van der Waals surface area contributed by atoms with Crippen LogP contribution in [0.1, 0.15) is 31.7 Å². The topological polar surface area (TPSA) is 81.6 Å². The summed E-state index contributed by atoms with van der Waals surface area (Å²) in [6.07, 6.45) is 4.21. The summed E-state index contributed by atoms with van der Waals surface area (Å²) < 4.78 is 0. The molecule has 0 aliphatic carbocycles. The Bertz CT molecular complexity index is 1160. The highest BCUT2D eigenvalue weighted by Crippen LogP contribution is 2.40. The minimum Gasteiger partial charge on any atom is -0.507 e. The van der Waals surface area contributed by atoms with E-state index >= 15 is 0 Å². The molecule has 2 aliphatic heterocycles. The molecule has 0 radical (unpaired) electrons. The molecule has 0 spiro atoms. The lowest BCUT2D eigenvalue weighted by Gasteiger charge is -2.45. The molecule has 1 aromatic heterocycles. The number of amides is 1. The zero-order valence-electron chi connectivity index (χ0n) is 20.2.